The summed E-state index contributed by atoms with van der Waals surface area (Å²) in [5.74, 6) is 1.65. The third-order valence-corrected chi connectivity index (χ3v) is 4.76. The van der Waals surface area contributed by atoms with Crippen molar-refractivity contribution in [3.8, 4) is 5.75 Å². The maximum atomic E-state index is 12.8. The molecule has 1 N–H and O–H groups in total. The highest BCUT2D eigenvalue weighted by Crippen LogP contribution is 2.37. The summed E-state index contributed by atoms with van der Waals surface area (Å²) in [5, 5.41) is 6.22. The molecular formula is C19H18N2O3S. The van der Waals surface area contributed by atoms with E-state index >= 15 is 0 Å². The van der Waals surface area contributed by atoms with Crippen molar-refractivity contribution in [3.63, 3.8) is 0 Å². The van der Waals surface area contributed by atoms with E-state index in [4.69, 9.17) is 9.26 Å². The molecule has 0 spiro atoms. The maximum absolute atomic E-state index is 12.8. The number of anilines is 1. The molecule has 2 aromatic carbocycles. The fourth-order valence-corrected chi connectivity index (χ4v) is 3.40. The lowest BCUT2D eigenvalue weighted by Gasteiger charge is -2.16. The topological polar surface area (TPSA) is 64.4 Å². The largest absolute Gasteiger partial charge is 0.497 e. The van der Waals surface area contributed by atoms with Gasteiger partial charge in [-0.05, 0) is 30.7 Å². The van der Waals surface area contributed by atoms with Gasteiger partial charge in [0, 0.05) is 11.0 Å². The highest BCUT2D eigenvalue weighted by atomic mass is 32.2. The molecule has 0 aliphatic rings. The summed E-state index contributed by atoms with van der Waals surface area (Å²) in [6.45, 7) is 1.78. The molecule has 5 nitrogen and oxygen atoms in total. The zero-order valence-electron chi connectivity index (χ0n) is 13.9. The van der Waals surface area contributed by atoms with Crippen LogP contribution in [0.15, 0.2) is 70.1 Å². The third kappa shape index (κ3) is 4.42. The Kier molecular flexibility index (Phi) is 5.40. The van der Waals surface area contributed by atoms with Crippen LogP contribution < -0.4 is 10.1 Å². The van der Waals surface area contributed by atoms with Crippen LogP contribution in [0.5, 0.6) is 5.75 Å². The minimum atomic E-state index is -0.426. The van der Waals surface area contributed by atoms with Gasteiger partial charge in [0.2, 0.25) is 5.91 Å². The normalized spacial score (nSPS) is 11.8. The fraction of sp³-hybridized carbons (Fsp3) is 0.158. The highest BCUT2D eigenvalue weighted by Gasteiger charge is 2.23. The second-order valence-corrected chi connectivity index (χ2v) is 6.58. The Morgan fingerprint density at radius 2 is 1.96 bits per heavy atom. The first-order valence-corrected chi connectivity index (χ1v) is 8.63. The van der Waals surface area contributed by atoms with Gasteiger partial charge in [0.05, 0.1) is 7.11 Å². The van der Waals surface area contributed by atoms with Crippen LogP contribution in [0.2, 0.25) is 0 Å². The molecule has 128 valence electrons. The molecule has 0 saturated heterocycles. The number of nitrogens with one attached hydrogen (secondary N) is 1. The quantitative estimate of drug-likeness (QED) is 0.662. The van der Waals surface area contributed by atoms with Gasteiger partial charge in [0.25, 0.3) is 0 Å². The zero-order valence-corrected chi connectivity index (χ0v) is 14.7. The van der Waals surface area contributed by atoms with E-state index in [1.54, 1.807) is 20.1 Å². The Balaban J connectivity index is 1.85. The lowest BCUT2D eigenvalue weighted by Crippen LogP contribution is -2.19. The van der Waals surface area contributed by atoms with Gasteiger partial charge in [-0.25, -0.2) is 0 Å². The molecule has 1 atom stereocenters. The van der Waals surface area contributed by atoms with Crippen LogP contribution in [0.3, 0.4) is 0 Å². The van der Waals surface area contributed by atoms with E-state index < -0.39 is 5.25 Å². The molecule has 25 heavy (non-hydrogen) atoms. The molecule has 0 bridgehead atoms. The number of nitrogens with zero attached hydrogens (tertiary/aromatic N) is 1. The van der Waals surface area contributed by atoms with Crippen molar-refractivity contribution in [1.29, 1.82) is 0 Å². The minimum Gasteiger partial charge on any atom is -0.497 e. The number of rotatable bonds is 6. The summed E-state index contributed by atoms with van der Waals surface area (Å²) >= 11 is 1.46. The summed E-state index contributed by atoms with van der Waals surface area (Å²) in [6.07, 6.45) is 0. The molecule has 0 saturated carbocycles. The van der Waals surface area contributed by atoms with E-state index in [2.05, 4.69) is 10.5 Å². The number of amides is 1. The van der Waals surface area contributed by atoms with Crippen molar-refractivity contribution in [1.82, 2.24) is 5.16 Å². The number of carbonyl (C=O) groups is 1. The van der Waals surface area contributed by atoms with Gasteiger partial charge < -0.3 is 14.6 Å². The SMILES string of the molecule is COc1cccc(SC(C(=O)Nc2cc(C)on2)c2ccccc2)c1. The van der Waals surface area contributed by atoms with Gasteiger partial charge in [0.15, 0.2) is 5.82 Å². The molecule has 3 rings (SSSR count). The van der Waals surface area contributed by atoms with Crippen LogP contribution in [-0.2, 0) is 4.79 Å². The number of thioether (sulfide) groups is 1. The van der Waals surface area contributed by atoms with Gasteiger partial charge in [-0.1, -0.05) is 41.6 Å². The molecular weight excluding hydrogens is 336 g/mol. The molecule has 1 amide bonds. The zero-order chi connectivity index (χ0) is 17.6. The monoisotopic (exact) mass is 354 g/mol. The number of hydrogen-bond donors (Lipinski definition) is 1. The van der Waals surface area contributed by atoms with Crippen LogP contribution in [0.25, 0.3) is 0 Å². The van der Waals surface area contributed by atoms with E-state index in [1.807, 2.05) is 54.6 Å². The standard InChI is InChI=1S/C19H18N2O3S/c1-13-11-17(21-24-13)20-19(22)18(14-7-4-3-5-8-14)25-16-10-6-9-15(12-16)23-2/h3-12,18H,1-2H3,(H,20,21,22). The number of aromatic nitrogens is 1. The Bertz CT molecular complexity index is 849. The van der Waals surface area contributed by atoms with Crippen LogP contribution in [0.1, 0.15) is 16.6 Å². The smallest absolute Gasteiger partial charge is 0.243 e. The molecule has 1 aromatic heterocycles. The van der Waals surface area contributed by atoms with Crippen molar-refractivity contribution < 1.29 is 14.1 Å². The van der Waals surface area contributed by atoms with Gasteiger partial charge >= 0.3 is 0 Å². The summed E-state index contributed by atoms with van der Waals surface area (Å²) in [7, 11) is 1.62. The number of hydrogen-bond acceptors (Lipinski definition) is 5. The van der Waals surface area contributed by atoms with Gasteiger partial charge in [-0.15, -0.1) is 11.8 Å². The first-order valence-electron chi connectivity index (χ1n) is 7.75. The summed E-state index contributed by atoms with van der Waals surface area (Å²) < 4.78 is 10.3. The van der Waals surface area contributed by atoms with Gasteiger partial charge in [0.1, 0.15) is 16.8 Å². The Morgan fingerprint density at radius 1 is 1.16 bits per heavy atom. The molecule has 3 aromatic rings. The van der Waals surface area contributed by atoms with E-state index in [0.29, 0.717) is 11.6 Å². The number of ether oxygens (including phenoxy) is 1. The molecule has 0 aliphatic heterocycles. The highest BCUT2D eigenvalue weighted by molar-refractivity contribution is 8.00. The second kappa shape index (κ2) is 7.90. The number of benzene rings is 2. The minimum absolute atomic E-state index is 0.160. The van der Waals surface area contributed by atoms with E-state index in [0.717, 1.165) is 16.2 Å². The Labute approximate surface area is 150 Å². The first kappa shape index (κ1) is 17.1. The predicted molar refractivity (Wildman–Crippen MR) is 97.9 cm³/mol. The van der Waals surface area contributed by atoms with Crippen LogP contribution >= 0.6 is 11.8 Å². The fourth-order valence-electron chi connectivity index (χ4n) is 2.33. The predicted octanol–water partition coefficient (Wildman–Crippen LogP) is 4.46. The summed E-state index contributed by atoms with van der Waals surface area (Å²) in [4.78, 5) is 13.8. The van der Waals surface area contributed by atoms with E-state index in [-0.39, 0.29) is 5.91 Å². The summed E-state index contributed by atoms with van der Waals surface area (Å²) in [6, 6.07) is 19.0. The van der Waals surface area contributed by atoms with Gasteiger partial charge in [-0.2, -0.15) is 0 Å². The molecule has 0 aliphatic carbocycles. The average Bonchev–Trinajstić information content (AvgIpc) is 3.05. The van der Waals surface area contributed by atoms with E-state index in [1.165, 1.54) is 11.8 Å². The average molecular weight is 354 g/mol. The molecule has 6 heteroatoms. The van der Waals surface area contributed by atoms with Crippen LogP contribution in [-0.4, -0.2) is 18.2 Å². The van der Waals surface area contributed by atoms with E-state index in [9.17, 15) is 4.79 Å². The van der Waals surface area contributed by atoms with Crippen molar-refractivity contribution >= 4 is 23.5 Å². The van der Waals surface area contributed by atoms with Crippen LogP contribution in [0, 0.1) is 6.92 Å². The molecule has 1 unspecified atom stereocenters. The first-order chi connectivity index (χ1) is 12.2. The van der Waals surface area contributed by atoms with Crippen molar-refractivity contribution in [2.45, 2.75) is 17.1 Å². The van der Waals surface area contributed by atoms with Crippen molar-refractivity contribution in [2.24, 2.45) is 0 Å². The molecule has 0 radical (unpaired) electrons. The Hall–Kier alpha value is -2.73. The summed E-state index contributed by atoms with van der Waals surface area (Å²) in [5.41, 5.74) is 0.910. The number of aryl methyl sites for hydroxylation is 1. The van der Waals surface area contributed by atoms with Crippen molar-refractivity contribution in [3.05, 3.63) is 72.0 Å². The number of carbonyl (C=O) groups excluding carboxylic acids is 1. The molecule has 0 fully saturated rings. The van der Waals surface area contributed by atoms with Crippen molar-refractivity contribution in [2.75, 3.05) is 12.4 Å². The Morgan fingerprint density at radius 3 is 2.64 bits per heavy atom. The maximum Gasteiger partial charge on any atom is 0.243 e. The second-order valence-electron chi connectivity index (χ2n) is 5.40. The molecule has 1 heterocycles. The lowest BCUT2D eigenvalue weighted by atomic mass is 10.1. The van der Waals surface area contributed by atoms with Crippen LogP contribution in [0.4, 0.5) is 5.82 Å². The van der Waals surface area contributed by atoms with Gasteiger partial charge in [-0.3, -0.25) is 4.79 Å². The number of methoxy groups -OCH3 is 1. The lowest BCUT2D eigenvalue weighted by molar-refractivity contribution is -0.115. The third-order valence-electron chi connectivity index (χ3n) is 3.51.